The fraction of sp³-hybridized carbons (Fsp3) is 0.450. The number of esters is 1. The number of amides is 1. The molecule has 0 aliphatic rings. The van der Waals surface area contributed by atoms with Crippen molar-refractivity contribution in [1.29, 1.82) is 0 Å². The minimum absolute atomic E-state index is 0.0553. The highest BCUT2D eigenvalue weighted by Gasteiger charge is 2.41. The molecule has 0 unspecified atom stereocenters. The van der Waals surface area contributed by atoms with Gasteiger partial charge in [-0.1, -0.05) is 0 Å². The second kappa shape index (κ2) is 10.2. The van der Waals surface area contributed by atoms with E-state index in [0.29, 0.717) is 24.3 Å². The van der Waals surface area contributed by atoms with Crippen molar-refractivity contribution < 1.29 is 32.2 Å². The number of benzene rings is 1. The number of rotatable bonds is 9. The van der Waals surface area contributed by atoms with E-state index in [1.165, 1.54) is 31.2 Å². The Balaban J connectivity index is 2.14. The summed E-state index contributed by atoms with van der Waals surface area (Å²) in [5.74, 6) is -1.46. The van der Waals surface area contributed by atoms with Gasteiger partial charge in [-0.3, -0.25) is 4.79 Å². The molecule has 1 aromatic carbocycles. The van der Waals surface area contributed by atoms with Gasteiger partial charge in [0.25, 0.3) is 5.91 Å². The van der Waals surface area contributed by atoms with E-state index in [0.717, 1.165) is 6.20 Å². The molecule has 30 heavy (non-hydrogen) atoms. The summed E-state index contributed by atoms with van der Waals surface area (Å²) in [6.45, 7) is 6.19. The van der Waals surface area contributed by atoms with E-state index in [2.05, 4.69) is 15.2 Å². The van der Waals surface area contributed by atoms with Crippen LogP contribution >= 0.6 is 0 Å². The molecule has 0 radical (unpaired) electrons. The minimum atomic E-state index is -4.83. The lowest BCUT2D eigenvalue weighted by Crippen LogP contribution is -2.25. The van der Waals surface area contributed by atoms with E-state index in [4.69, 9.17) is 4.74 Å². The molecule has 0 saturated carbocycles. The van der Waals surface area contributed by atoms with Crippen LogP contribution in [0.3, 0.4) is 0 Å². The van der Waals surface area contributed by atoms with Crippen molar-refractivity contribution in [3.05, 3.63) is 47.3 Å². The normalized spacial score (nSPS) is 11.6. The maximum Gasteiger partial charge on any atom is 0.434 e. The number of hydrogen-bond acceptors (Lipinski definition) is 5. The van der Waals surface area contributed by atoms with Crippen LogP contribution in [0.25, 0.3) is 5.69 Å². The number of ether oxygens (including phenoxy) is 2. The van der Waals surface area contributed by atoms with Crippen LogP contribution in [0.1, 0.15) is 53.6 Å². The van der Waals surface area contributed by atoms with Crippen LogP contribution in [-0.2, 0) is 15.7 Å². The van der Waals surface area contributed by atoms with Gasteiger partial charge in [-0.2, -0.15) is 18.3 Å². The second-order valence-corrected chi connectivity index (χ2v) is 6.61. The Morgan fingerprint density at radius 1 is 1.20 bits per heavy atom. The fourth-order valence-corrected chi connectivity index (χ4v) is 2.62. The predicted octanol–water partition coefficient (Wildman–Crippen LogP) is 3.61. The number of aromatic nitrogens is 2. The van der Waals surface area contributed by atoms with Crippen molar-refractivity contribution >= 4 is 11.9 Å². The molecule has 0 aliphatic heterocycles. The lowest BCUT2D eigenvalue weighted by molar-refractivity contribution is -0.143. The van der Waals surface area contributed by atoms with Crippen LogP contribution in [0.15, 0.2) is 30.5 Å². The average molecular weight is 427 g/mol. The Labute approximate surface area is 172 Å². The highest BCUT2D eigenvalue weighted by atomic mass is 19.4. The summed E-state index contributed by atoms with van der Waals surface area (Å²) >= 11 is 0. The van der Waals surface area contributed by atoms with Gasteiger partial charge < -0.3 is 14.8 Å². The van der Waals surface area contributed by atoms with Crippen LogP contribution in [0.5, 0.6) is 0 Å². The quantitative estimate of drug-likeness (QED) is 0.488. The third-order valence-electron chi connectivity index (χ3n) is 3.97. The summed E-state index contributed by atoms with van der Waals surface area (Å²) < 4.78 is 51.3. The van der Waals surface area contributed by atoms with Gasteiger partial charge in [-0.05, 0) is 51.5 Å². The summed E-state index contributed by atoms with van der Waals surface area (Å²) in [6, 6.07) is 5.43. The third-order valence-corrected chi connectivity index (χ3v) is 3.97. The minimum Gasteiger partial charge on any atom is -0.462 e. The number of alkyl halides is 3. The first-order valence-electron chi connectivity index (χ1n) is 9.47. The first-order chi connectivity index (χ1) is 14.1. The predicted molar refractivity (Wildman–Crippen MR) is 103 cm³/mol. The summed E-state index contributed by atoms with van der Waals surface area (Å²) in [6.07, 6.45) is -3.25. The van der Waals surface area contributed by atoms with E-state index in [1.54, 1.807) is 0 Å². The average Bonchev–Trinajstić information content (AvgIpc) is 3.13. The van der Waals surface area contributed by atoms with Gasteiger partial charge in [0.05, 0.1) is 24.6 Å². The Bertz CT molecular complexity index is 861. The van der Waals surface area contributed by atoms with Gasteiger partial charge in [0.2, 0.25) is 0 Å². The molecule has 164 valence electrons. The molecule has 0 aliphatic carbocycles. The van der Waals surface area contributed by atoms with Gasteiger partial charge in [-0.25, -0.2) is 9.48 Å². The largest absolute Gasteiger partial charge is 0.462 e. The first kappa shape index (κ1) is 23.4. The van der Waals surface area contributed by atoms with Crippen LogP contribution in [0.4, 0.5) is 13.2 Å². The lowest BCUT2D eigenvalue weighted by Gasteiger charge is -2.13. The Hall–Kier alpha value is -2.88. The molecule has 0 bridgehead atoms. The molecular weight excluding hydrogens is 403 g/mol. The number of hydrogen-bond donors (Lipinski definition) is 1. The second-order valence-electron chi connectivity index (χ2n) is 6.61. The van der Waals surface area contributed by atoms with Gasteiger partial charge in [0, 0.05) is 18.7 Å². The van der Waals surface area contributed by atoms with E-state index < -0.39 is 23.4 Å². The smallest absolute Gasteiger partial charge is 0.434 e. The monoisotopic (exact) mass is 427 g/mol. The molecule has 0 spiro atoms. The molecule has 0 saturated heterocycles. The van der Waals surface area contributed by atoms with Gasteiger partial charge in [0.15, 0.2) is 5.69 Å². The molecule has 1 heterocycles. The Kier molecular flexibility index (Phi) is 7.99. The molecule has 1 amide bonds. The third kappa shape index (κ3) is 6.06. The zero-order chi connectivity index (χ0) is 22.3. The maximum absolute atomic E-state index is 13.5. The van der Waals surface area contributed by atoms with Crippen LogP contribution in [-0.4, -0.2) is 47.5 Å². The SMILES string of the molecule is CCOC(=O)c1cnn(-c2ccc(C(=O)NCCCOC(C)C)cc2)c1C(F)(F)F. The molecule has 0 fully saturated rings. The number of nitrogens with zero attached hydrogens (tertiary/aromatic N) is 2. The Morgan fingerprint density at radius 3 is 2.43 bits per heavy atom. The molecule has 2 aromatic rings. The van der Waals surface area contributed by atoms with Gasteiger partial charge in [0.1, 0.15) is 5.56 Å². The van der Waals surface area contributed by atoms with Crippen molar-refractivity contribution in [3.63, 3.8) is 0 Å². The molecule has 7 nitrogen and oxygen atoms in total. The number of carbonyl (C=O) groups is 2. The van der Waals surface area contributed by atoms with Gasteiger partial charge in [-0.15, -0.1) is 0 Å². The van der Waals surface area contributed by atoms with Crippen molar-refractivity contribution in [2.75, 3.05) is 19.8 Å². The molecule has 1 aromatic heterocycles. The van der Waals surface area contributed by atoms with Crippen molar-refractivity contribution in [2.45, 2.75) is 39.5 Å². The van der Waals surface area contributed by atoms with Crippen molar-refractivity contribution in [2.24, 2.45) is 0 Å². The van der Waals surface area contributed by atoms with E-state index in [9.17, 15) is 22.8 Å². The zero-order valence-corrected chi connectivity index (χ0v) is 17.0. The standard InChI is InChI=1S/C20H24F3N3O4/c1-4-29-19(28)16-12-25-26(17(16)20(21,22)23)15-8-6-14(7-9-15)18(27)24-10-5-11-30-13(2)3/h6-9,12-13H,4-5,10-11H2,1-3H3,(H,24,27). The zero-order valence-electron chi connectivity index (χ0n) is 17.0. The molecule has 10 heteroatoms. The summed E-state index contributed by atoms with van der Waals surface area (Å²) in [5, 5.41) is 6.41. The van der Waals surface area contributed by atoms with Crippen LogP contribution in [0, 0.1) is 0 Å². The highest BCUT2D eigenvalue weighted by Crippen LogP contribution is 2.34. The van der Waals surface area contributed by atoms with Crippen LogP contribution < -0.4 is 5.32 Å². The number of nitrogens with one attached hydrogen (secondary N) is 1. The summed E-state index contributed by atoms with van der Waals surface area (Å²) in [4.78, 5) is 24.0. The van der Waals surface area contributed by atoms with Crippen LogP contribution in [0.2, 0.25) is 0 Å². The molecule has 1 N–H and O–H groups in total. The maximum atomic E-state index is 13.5. The van der Waals surface area contributed by atoms with Gasteiger partial charge >= 0.3 is 12.1 Å². The molecular formula is C20H24F3N3O4. The fourth-order valence-electron chi connectivity index (χ4n) is 2.62. The van der Waals surface area contributed by atoms with E-state index in [1.807, 2.05) is 13.8 Å². The van der Waals surface area contributed by atoms with E-state index >= 15 is 0 Å². The number of carbonyl (C=O) groups excluding carboxylic acids is 2. The first-order valence-corrected chi connectivity index (χ1v) is 9.47. The summed E-state index contributed by atoms with van der Waals surface area (Å²) in [5.41, 5.74) is -1.56. The van der Waals surface area contributed by atoms with Crippen molar-refractivity contribution in [1.82, 2.24) is 15.1 Å². The molecule has 0 atom stereocenters. The van der Waals surface area contributed by atoms with E-state index in [-0.39, 0.29) is 29.9 Å². The lowest BCUT2D eigenvalue weighted by atomic mass is 10.2. The Morgan fingerprint density at radius 2 is 1.87 bits per heavy atom. The summed E-state index contributed by atoms with van der Waals surface area (Å²) in [7, 11) is 0. The molecule has 2 rings (SSSR count). The highest BCUT2D eigenvalue weighted by molar-refractivity contribution is 5.94. The topological polar surface area (TPSA) is 82.5 Å². The van der Waals surface area contributed by atoms with Crippen molar-refractivity contribution in [3.8, 4) is 5.69 Å². The number of halogens is 3.